The Morgan fingerprint density at radius 1 is 1.03 bits per heavy atom. The van der Waals surface area contributed by atoms with Gasteiger partial charge in [0.15, 0.2) is 0 Å². The van der Waals surface area contributed by atoms with Crippen molar-refractivity contribution in [2.75, 3.05) is 13.1 Å². The van der Waals surface area contributed by atoms with Crippen LogP contribution in [0.25, 0.3) is 0 Å². The number of hydrogen-bond acceptors (Lipinski definition) is 6. The van der Waals surface area contributed by atoms with Crippen molar-refractivity contribution in [1.82, 2.24) is 21.3 Å². The summed E-state index contributed by atoms with van der Waals surface area (Å²) < 4.78 is 0. The van der Waals surface area contributed by atoms with Gasteiger partial charge in [-0.15, -0.1) is 0 Å². The normalized spacial score (nSPS) is 19.4. The molecule has 0 aromatic rings. The number of carbonyl (C=O) groups is 4. The lowest BCUT2D eigenvalue weighted by Crippen LogP contribution is -2.57. The number of aliphatic carboxylic acids is 1. The highest BCUT2D eigenvalue weighted by Crippen LogP contribution is 2.12. The van der Waals surface area contributed by atoms with Gasteiger partial charge >= 0.3 is 5.97 Å². The van der Waals surface area contributed by atoms with Crippen molar-refractivity contribution in [2.24, 2.45) is 17.6 Å². The lowest BCUT2D eigenvalue weighted by molar-refractivity contribution is -0.144. The summed E-state index contributed by atoms with van der Waals surface area (Å²) in [5, 5.41) is 20.8. The molecule has 1 heterocycles. The van der Waals surface area contributed by atoms with Gasteiger partial charge in [-0.1, -0.05) is 34.1 Å². The summed E-state index contributed by atoms with van der Waals surface area (Å²) in [5.41, 5.74) is 5.57. The van der Waals surface area contributed by atoms with Crippen molar-refractivity contribution in [3.63, 3.8) is 0 Å². The molecule has 1 rings (SSSR count). The van der Waals surface area contributed by atoms with Crippen LogP contribution in [0.4, 0.5) is 0 Å². The van der Waals surface area contributed by atoms with E-state index in [1.165, 1.54) is 0 Å². The predicted molar refractivity (Wildman–Crippen MR) is 126 cm³/mol. The lowest BCUT2D eigenvalue weighted by atomic mass is 9.97. The Hall–Kier alpha value is -2.20. The predicted octanol–water partition coefficient (Wildman–Crippen LogP) is 0.499. The van der Waals surface area contributed by atoms with Crippen molar-refractivity contribution >= 4 is 23.7 Å². The highest BCUT2D eigenvalue weighted by Gasteiger charge is 2.32. The molecule has 0 aromatic heterocycles. The van der Waals surface area contributed by atoms with E-state index < -0.39 is 35.9 Å². The Labute approximate surface area is 197 Å². The van der Waals surface area contributed by atoms with Crippen molar-refractivity contribution in [2.45, 2.75) is 96.8 Å². The molecular weight excluding hydrogens is 426 g/mol. The van der Waals surface area contributed by atoms with Crippen LogP contribution in [0, 0.1) is 11.8 Å². The van der Waals surface area contributed by atoms with Gasteiger partial charge in [0.05, 0.1) is 6.04 Å². The van der Waals surface area contributed by atoms with E-state index in [4.69, 9.17) is 5.73 Å². The second-order valence-corrected chi connectivity index (χ2v) is 9.40. The van der Waals surface area contributed by atoms with E-state index in [1.807, 2.05) is 20.8 Å². The molecular formula is C23H43N5O5. The van der Waals surface area contributed by atoms with Crippen molar-refractivity contribution in [1.29, 1.82) is 0 Å². The van der Waals surface area contributed by atoms with E-state index >= 15 is 0 Å². The van der Waals surface area contributed by atoms with Crippen molar-refractivity contribution in [3.05, 3.63) is 0 Å². The number of carbonyl (C=O) groups excluding carboxylic acids is 3. The van der Waals surface area contributed by atoms with Gasteiger partial charge in [-0.2, -0.15) is 0 Å². The zero-order valence-corrected chi connectivity index (χ0v) is 20.5. The molecule has 190 valence electrons. The number of nitrogens with one attached hydrogen (secondary N) is 4. The van der Waals surface area contributed by atoms with Crippen molar-refractivity contribution in [3.8, 4) is 0 Å². The van der Waals surface area contributed by atoms with Crippen LogP contribution in [-0.4, -0.2) is 66.1 Å². The van der Waals surface area contributed by atoms with Gasteiger partial charge in [-0.3, -0.25) is 14.4 Å². The molecule has 0 radical (unpaired) electrons. The second kappa shape index (κ2) is 14.8. The monoisotopic (exact) mass is 469 g/mol. The Kier molecular flexibility index (Phi) is 13.0. The minimum Gasteiger partial charge on any atom is -0.480 e. The van der Waals surface area contributed by atoms with E-state index in [1.54, 1.807) is 6.92 Å². The zero-order valence-electron chi connectivity index (χ0n) is 20.5. The molecule has 0 aliphatic carbocycles. The van der Waals surface area contributed by atoms with E-state index in [2.05, 4.69) is 21.3 Å². The molecule has 5 atom stereocenters. The lowest BCUT2D eigenvalue weighted by Gasteiger charge is -2.27. The fourth-order valence-electron chi connectivity index (χ4n) is 3.85. The van der Waals surface area contributed by atoms with Crippen LogP contribution in [0.1, 0.15) is 72.6 Å². The minimum atomic E-state index is -1.11. The van der Waals surface area contributed by atoms with Gasteiger partial charge in [0.1, 0.15) is 18.1 Å². The molecule has 7 N–H and O–H groups in total. The Bertz CT molecular complexity index is 651. The molecule has 0 saturated carbocycles. The number of amides is 3. The summed E-state index contributed by atoms with van der Waals surface area (Å²) in [4.78, 5) is 50.3. The van der Waals surface area contributed by atoms with Crippen LogP contribution < -0.4 is 27.0 Å². The molecule has 0 spiro atoms. The van der Waals surface area contributed by atoms with Gasteiger partial charge in [-0.25, -0.2) is 4.79 Å². The SMILES string of the molecule is CCC(C)C(NC(=O)C(CC(C)C)NC(=O)C(CCCCN)NC(=O)C1CCCN1)C(=O)O. The highest BCUT2D eigenvalue weighted by molar-refractivity contribution is 5.94. The van der Waals surface area contributed by atoms with Gasteiger partial charge in [0.25, 0.3) is 0 Å². The maximum absolute atomic E-state index is 13.1. The number of hydrogen-bond donors (Lipinski definition) is 6. The first-order valence-electron chi connectivity index (χ1n) is 12.2. The molecule has 1 aliphatic rings. The summed E-state index contributed by atoms with van der Waals surface area (Å²) in [6, 6.07) is -3.06. The number of carboxylic acid groups (broad SMARTS) is 1. The fraction of sp³-hybridized carbons (Fsp3) is 0.826. The molecule has 10 nitrogen and oxygen atoms in total. The third kappa shape index (κ3) is 10.1. The second-order valence-electron chi connectivity index (χ2n) is 9.40. The van der Waals surface area contributed by atoms with Crippen LogP contribution in [0.5, 0.6) is 0 Å². The van der Waals surface area contributed by atoms with Crippen LogP contribution in [0.3, 0.4) is 0 Å². The quantitative estimate of drug-likeness (QED) is 0.190. The maximum atomic E-state index is 13.1. The smallest absolute Gasteiger partial charge is 0.326 e. The minimum absolute atomic E-state index is 0.0842. The average Bonchev–Trinajstić information content (AvgIpc) is 3.30. The highest BCUT2D eigenvalue weighted by atomic mass is 16.4. The van der Waals surface area contributed by atoms with Crippen molar-refractivity contribution < 1.29 is 24.3 Å². The molecule has 0 aromatic carbocycles. The third-order valence-electron chi connectivity index (χ3n) is 6.07. The Balaban J connectivity index is 2.93. The average molecular weight is 470 g/mol. The third-order valence-corrected chi connectivity index (χ3v) is 6.07. The van der Waals surface area contributed by atoms with Gasteiger partial charge < -0.3 is 32.1 Å². The molecule has 1 saturated heterocycles. The standard InChI is InChI=1S/C23H43N5O5/c1-5-15(4)19(23(32)33)28-22(31)18(13-14(2)3)27-21(30)17(9-6-7-11-24)26-20(29)16-10-8-12-25-16/h14-19,25H,5-13,24H2,1-4H3,(H,26,29)(H,27,30)(H,28,31)(H,32,33). The van der Waals surface area contributed by atoms with Gasteiger partial charge in [0, 0.05) is 0 Å². The summed E-state index contributed by atoms with van der Waals surface area (Å²) in [7, 11) is 0. The number of rotatable bonds is 15. The molecule has 0 bridgehead atoms. The van der Waals surface area contributed by atoms with E-state index in [0.29, 0.717) is 45.1 Å². The van der Waals surface area contributed by atoms with Crippen LogP contribution in [0.2, 0.25) is 0 Å². The molecule has 1 aliphatic heterocycles. The summed E-state index contributed by atoms with van der Waals surface area (Å²) in [5.74, 6) is -2.50. The molecule has 33 heavy (non-hydrogen) atoms. The van der Waals surface area contributed by atoms with Crippen LogP contribution >= 0.6 is 0 Å². The maximum Gasteiger partial charge on any atom is 0.326 e. The molecule has 3 amide bonds. The Morgan fingerprint density at radius 3 is 2.21 bits per heavy atom. The van der Waals surface area contributed by atoms with Gasteiger partial charge in [0.2, 0.25) is 17.7 Å². The van der Waals surface area contributed by atoms with E-state index in [-0.39, 0.29) is 23.8 Å². The number of nitrogens with two attached hydrogens (primary N) is 1. The van der Waals surface area contributed by atoms with Crippen LogP contribution in [-0.2, 0) is 19.2 Å². The Morgan fingerprint density at radius 2 is 1.70 bits per heavy atom. The zero-order chi connectivity index (χ0) is 25.0. The molecule has 10 heteroatoms. The number of carboxylic acids is 1. The summed E-state index contributed by atoms with van der Waals surface area (Å²) >= 11 is 0. The first-order valence-corrected chi connectivity index (χ1v) is 12.2. The van der Waals surface area contributed by atoms with E-state index in [0.717, 1.165) is 13.0 Å². The topological polar surface area (TPSA) is 163 Å². The van der Waals surface area contributed by atoms with Gasteiger partial charge in [-0.05, 0) is 63.5 Å². The largest absolute Gasteiger partial charge is 0.480 e. The first-order chi connectivity index (χ1) is 15.6. The summed E-state index contributed by atoms with van der Waals surface area (Å²) in [6.07, 6.45) is 4.33. The van der Waals surface area contributed by atoms with E-state index in [9.17, 15) is 24.3 Å². The summed E-state index contributed by atoms with van der Waals surface area (Å²) in [6.45, 7) is 8.70. The molecule has 5 unspecified atom stereocenters. The van der Waals surface area contributed by atoms with Crippen LogP contribution in [0.15, 0.2) is 0 Å². The number of unbranched alkanes of at least 4 members (excludes halogenated alkanes) is 1. The fourth-order valence-corrected chi connectivity index (χ4v) is 3.85. The molecule has 1 fully saturated rings. The first kappa shape index (κ1) is 28.8.